The van der Waals surface area contributed by atoms with E-state index in [0.29, 0.717) is 38.3 Å². The average Bonchev–Trinajstić information content (AvgIpc) is 3.06. The van der Waals surface area contributed by atoms with E-state index in [1.807, 2.05) is 42.5 Å². The fraction of sp³-hybridized carbons (Fsp3) is 0.310. The van der Waals surface area contributed by atoms with Crippen LogP contribution in [0.5, 0.6) is 5.75 Å². The van der Waals surface area contributed by atoms with Crippen LogP contribution in [0.4, 0.5) is 5.69 Å². The number of hydrogen-bond donors (Lipinski definition) is 1. The second-order valence-corrected chi connectivity index (χ2v) is 8.58. The Hall–Kier alpha value is -3.64. The van der Waals surface area contributed by atoms with Crippen LogP contribution in [0.2, 0.25) is 0 Å². The van der Waals surface area contributed by atoms with Crippen molar-refractivity contribution < 1.29 is 19.4 Å². The van der Waals surface area contributed by atoms with E-state index >= 15 is 0 Å². The molecule has 6 nitrogen and oxygen atoms in total. The monoisotopic (exact) mass is 472 g/mol. The molecule has 1 aromatic heterocycles. The topological polar surface area (TPSA) is 71.9 Å². The highest BCUT2D eigenvalue weighted by Crippen LogP contribution is 2.33. The van der Waals surface area contributed by atoms with Gasteiger partial charge in [0.15, 0.2) is 0 Å². The molecule has 0 spiro atoms. The molecule has 1 N–H and O–H groups in total. The molecule has 0 unspecified atom stereocenters. The summed E-state index contributed by atoms with van der Waals surface area (Å²) in [6, 6.07) is 20.0. The lowest BCUT2D eigenvalue weighted by Gasteiger charge is -2.25. The zero-order chi connectivity index (χ0) is 24.5. The molecule has 0 amide bonds. The summed E-state index contributed by atoms with van der Waals surface area (Å²) in [5.41, 5.74) is 5.35. The molecule has 1 aliphatic rings. The van der Waals surface area contributed by atoms with Gasteiger partial charge in [-0.15, -0.1) is 0 Å². The summed E-state index contributed by atoms with van der Waals surface area (Å²) in [6.45, 7) is 5.27. The van der Waals surface area contributed by atoms with Crippen LogP contribution in [0.1, 0.15) is 37.4 Å². The Morgan fingerprint density at radius 2 is 1.86 bits per heavy atom. The highest BCUT2D eigenvalue weighted by Gasteiger charge is 2.20. The fourth-order valence-electron chi connectivity index (χ4n) is 4.10. The predicted molar refractivity (Wildman–Crippen MR) is 139 cm³/mol. The van der Waals surface area contributed by atoms with Gasteiger partial charge in [0.1, 0.15) is 12.4 Å². The lowest BCUT2D eigenvalue weighted by molar-refractivity contribution is -0.132. The summed E-state index contributed by atoms with van der Waals surface area (Å²) < 4.78 is 11.3. The molecule has 3 aromatic rings. The van der Waals surface area contributed by atoms with E-state index in [-0.39, 0.29) is 0 Å². The number of rotatable bonds is 11. The van der Waals surface area contributed by atoms with Crippen molar-refractivity contribution >= 4 is 17.7 Å². The molecule has 0 bridgehead atoms. The third-order valence-electron chi connectivity index (χ3n) is 6.03. The normalized spacial score (nSPS) is 13.1. The van der Waals surface area contributed by atoms with Crippen molar-refractivity contribution in [2.24, 2.45) is 0 Å². The quantitative estimate of drug-likeness (QED) is 0.355. The molecule has 182 valence electrons. The van der Waals surface area contributed by atoms with E-state index < -0.39 is 5.97 Å². The number of fused-ring (bicyclic) bond motifs is 1. The van der Waals surface area contributed by atoms with Gasteiger partial charge in [-0.05, 0) is 72.0 Å². The van der Waals surface area contributed by atoms with Gasteiger partial charge in [-0.1, -0.05) is 37.6 Å². The van der Waals surface area contributed by atoms with Crippen LogP contribution in [-0.2, 0) is 16.1 Å². The standard InChI is InChI=1S/C29H32N2O4/c1-2-3-16-34-17-18-35-27-10-7-22(8-11-27)23-9-12-28-25(19-23)20-24(29(32)33)13-15-31(28)21-26-6-4-5-14-30-26/h4-12,14,19-20H,2-3,13,15-18,21H2,1H3,(H,32,33). The molecule has 0 aliphatic carbocycles. The molecule has 0 radical (unpaired) electrons. The van der Waals surface area contributed by atoms with Crippen molar-refractivity contribution in [3.05, 3.63) is 83.7 Å². The molecule has 4 rings (SSSR count). The third-order valence-corrected chi connectivity index (χ3v) is 6.03. The maximum absolute atomic E-state index is 11.8. The van der Waals surface area contributed by atoms with E-state index in [1.165, 1.54) is 0 Å². The largest absolute Gasteiger partial charge is 0.491 e. The van der Waals surface area contributed by atoms with Crippen molar-refractivity contribution in [1.29, 1.82) is 0 Å². The van der Waals surface area contributed by atoms with E-state index in [0.717, 1.165) is 53.3 Å². The Labute approximate surface area is 206 Å². The number of carboxylic acid groups (broad SMARTS) is 1. The fourth-order valence-corrected chi connectivity index (χ4v) is 4.10. The van der Waals surface area contributed by atoms with E-state index in [2.05, 4.69) is 35.0 Å². The molecule has 0 saturated carbocycles. The first-order valence-electron chi connectivity index (χ1n) is 12.2. The number of unbranched alkanes of at least 4 members (excludes halogenated alkanes) is 1. The van der Waals surface area contributed by atoms with Crippen molar-refractivity contribution in [3.8, 4) is 16.9 Å². The summed E-state index contributed by atoms with van der Waals surface area (Å²) >= 11 is 0. The molecule has 6 heteroatoms. The number of nitrogens with zero attached hydrogens (tertiary/aromatic N) is 2. The van der Waals surface area contributed by atoms with Gasteiger partial charge in [-0.2, -0.15) is 0 Å². The zero-order valence-corrected chi connectivity index (χ0v) is 20.2. The van der Waals surface area contributed by atoms with Crippen molar-refractivity contribution in [3.63, 3.8) is 0 Å². The Balaban J connectivity index is 1.51. The van der Waals surface area contributed by atoms with Gasteiger partial charge in [0.2, 0.25) is 0 Å². The molecule has 2 heterocycles. The lowest BCUT2D eigenvalue weighted by atomic mass is 10.00. The minimum atomic E-state index is -0.874. The van der Waals surface area contributed by atoms with Gasteiger partial charge >= 0.3 is 5.97 Å². The van der Waals surface area contributed by atoms with Gasteiger partial charge in [0, 0.05) is 30.6 Å². The van der Waals surface area contributed by atoms with Gasteiger partial charge in [-0.25, -0.2) is 4.79 Å². The molecule has 2 aromatic carbocycles. The number of hydrogen-bond acceptors (Lipinski definition) is 5. The molecular formula is C29H32N2O4. The number of ether oxygens (including phenoxy) is 2. The number of benzene rings is 2. The molecule has 0 atom stereocenters. The number of aromatic nitrogens is 1. The SMILES string of the molecule is CCCCOCCOc1ccc(-c2ccc3c(c2)C=C(C(=O)O)CCN3Cc2ccccn2)cc1. The van der Waals surface area contributed by atoms with Gasteiger partial charge in [0.25, 0.3) is 0 Å². The average molecular weight is 473 g/mol. The van der Waals surface area contributed by atoms with Crippen LogP contribution in [0.3, 0.4) is 0 Å². The summed E-state index contributed by atoms with van der Waals surface area (Å²) in [5, 5.41) is 9.69. The molecule has 0 saturated heterocycles. The van der Waals surface area contributed by atoms with Crippen LogP contribution in [0.15, 0.2) is 72.4 Å². The molecule has 1 aliphatic heterocycles. The van der Waals surface area contributed by atoms with E-state index in [9.17, 15) is 9.90 Å². The van der Waals surface area contributed by atoms with Crippen molar-refractivity contribution in [1.82, 2.24) is 4.98 Å². The summed E-state index contributed by atoms with van der Waals surface area (Å²) in [6.07, 6.45) is 6.25. The van der Waals surface area contributed by atoms with E-state index in [1.54, 1.807) is 12.3 Å². The lowest BCUT2D eigenvalue weighted by Crippen LogP contribution is -2.25. The number of aliphatic carboxylic acids is 1. The van der Waals surface area contributed by atoms with Crippen LogP contribution >= 0.6 is 0 Å². The summed E-state index contributed by atoms with van der Waals surface area (Å²) in [5.74, 6) is -0.0709. The Morgan fingerprint density at radius 1 is 1.03 bits per heavy atom. The number of carboxylic acids is 1. The van der Waals surface area contributed by atoms with Crippen LogP contribution in [0.25, 0.3) is 17.2 Å². The Morgan fingerprint density at radius 3 is 2.60 bits per heavy atom. The summed E-state index contributed by atoms with van der Waals surface area (Å²) in [4.78, 5) is 18.5. The Bertz CT molecular complexity index is 1140. The van der Waals surface area contributed by atoms with Crippen LogP contribution in [-0.4, -0.2) is 42.4 Å². The second-order valence-electron chi connectivity index (χ2n) is 8.58. The van der Waals surface area contributed by atoms with Crippen LogP contribution in [0, 0.1) is 0 Å². The van der Waals surface area contributed by atoms with Gasteiger partial charge < -0.3 is 19.5 Å². The first-order valence-corrected chi connectivity index (χ1v) is 12.2. The summed E-state index contributed by atoms with van der Waals surface area (Å²) in [7, 11) is 0. The predicted octanol–water partition coefficient (Wildman–Crippen LogP) is 5.82. The number of carbonyl (C=O) groups is 1. The smallest absolute Gasteiger partial charge is 0.331 e. The molecule has 0 fully saturated rings. The first kappa shape index (κ1) is 24.5. The molecule has 35 heavy (non-hydrogen) atoms. The van der Waals surface area contributed by atoms with Crippen molar-refractivity contribution in [2.45, 2.75) is 32.7 Å². The number of anilines is 1. The van der Waals surface area contributed by atoms with Crippen molar-refractivity contribution in [2.75, 3.05) is 31.3 Å². The highest BCUT2D eigenvalue weighted by atomic mass is 16.5. The third kappa shape index (κ3) is 6.70. The number of pyridine rings is 1. The minimum absolute atomic E-state index is 0.414. The second kappa shape index (κ2) is 12.2. The van der Waals surface area contributed by atoms with E-state index in [4.69, 9.17) is 9.47 Å². The van der Waals surface area contributed by atoms with Crippen LogP contribution < -0.4 is 9.64 Å². The zero-order valence-electron chi connectivity index (χ0n) is 20.2. The maximum Gasteiger partial charge on any atom is 0.331 e. The molecular weight excluding hydrogens is 440 g/mol. The maximum atomic E-state index is 11.8. The minimum Gasteiger partial charge on any atom is -0.491 e. The van der Waals surface area contributed by atoms with Gasteiger partial charge in [0.05, 0.1) is 18.8 Å². The highest BCUT2D eigenvalue weighted by molar-refractivity contribution is 5.94. The Kier molecular flexibility index (Phi) is 8.52. The van der Waals surface area contributed by atoms with Gasteiger partial charge in [-0.3, -0.25) is 4.98 Å². The first-order chi connectivity index (χ1) is 17.1.